The Morgan fingerprint density at radius 2 is 1.71 bits per heavy atom. The number of hydrogen-bond donors (Lipinski definition) is 1. The van der Waals surface area contributed by atoms with Gasteiger partial charge in [-0.25, -0.2) is 0 Å². The molecule has 0 radical (unpaired) electrons. The van der Waals surface area contributed by atoms with Crippen LogP contribution in [0.15, 0.2) is 77.2 Å². The van der Waals surface area contributed by atoms with Crippen LogP contribution in [0.25, 0.3) is 11.0 Å². The molecule has 1 aromatic heterocycles. The van der Waals surface area contributed by atoms with Gasteiger partial charge in [0.25, 0.3) is 0 Å². The Morgan fingerprint density at radius 1 is 1.00 bits per heavy atom. The number of ketones is 1. The molecule has 31 heavy (non-hydrogen) atoms. The van der Waals surface area contributed by atoms with Crippen LogP contribution in [0, 0.1) is 6.92 Å². The van der Waals surface area contributed by atoms with Crippen molar-refractivity contribution in [3.8, 4) is 5.75 Å². The summed E-state index contributed by atoms with van der Waals surface area (Å²) >= 11 is 6.31. The number of ether oxygens (including phenoxy) is 1. The molecule has 1 N–H and O–H groups in total. The van der Waals surface area contributed by atoms with Crippen molar-refractivity contribution in [3.05, 3.63) is 95.2 Å². The van der Waals surface area contributed by atoms with E-state index >= 15 is 0 Å². The Morgan fingerprint density at radius 3 is 2.39 bits per heavy atom. The number of methoxy groups -OCH3 is 1. The second-order valence-electron chi connectivity index (χ2n) is 7.09. The largest absolute Gasteiger partial charge is 0.497 e. The summed E-state index contributed by atoms with van der Waals surface area (Å²) in [5.41, 5.74) is 3.07. The first-order chi connectivity index (χ1) is 15.0. The van der Waals surface area contributed by atoms with Gasteiger partial charge in [-0.15, -0.1) is 11.6 Å². The van der Waals surface area contributed by atoms with E-state index in [1.807, 2.05) is 25.1 Å². The van der Waals surface area contributed by atoms with Crippen molar-refractivity contribution in [2.75, 3.05) is 12.4 Å². The van der Waals surface area contributed by atoms with Gasteiger partial charge in [-0.3, -0.25) is 9.59 Å². The van der Waals surface area contributed by atoms with Crippen LogP contribution >= 0.6 is 11.6 Å². The number of alkyl halides is 1. The number of aryl methyl sites for hydroxylation is 1. The normalized spacial score (nSPS) is 11.8. The maximum absolute atomic E-state index is 12.9. The molecule has 0 spiro atoms. The first kappa shape index (κ1) is 20.7. The van der Waals surface area contributed by atoms with E-state index in [0.29, 0.717) is 28.1 Å². The van der Waals surface area contributed by atoms with E-state index in [9.17, 15) is 9.59 Å². The maximum atomic E-state index is 12.9. The Labute approximate surface area is 184 Å². The quantitative estimate of drug-likeness (QED) is 0.303. The zero-order valence-electron chi connectivity index (χ0n) is 17.0. The predicted molar refractivity (Wildman–Crippen MR) is 121 cm³/mol. The van der Waals surface area contributed by atoms with E-state index in [1.165, 1.54) is 0 Å². The number of benzene rings is 3. The van der Waals surface area contributed by atoms with Gasteiger partial charge in [-0.1, -0.05) is 30.3 Å². The summed E-state index contributed by atoms with van der Waals surface area (Å²) in [6, 6.07) is 21.2. The molecule has 0 aliphatic carbocycles. The number of furan rings is 1. The van der Waals surface area contributed by atoms with Gasteiger partial charge in [0.05, 0.1) is 7.11 Å². The number of hydrogen-bond acceptors (Lipinski definition) is 4. The minimum absolute atomic E-state index is 0.216. The molecule has 4 rings (SSSR count). The smallest absolute Gasteiger partial charge is 0.246 e. The van der Waals surface area contributed by atoms with Gasteiger partial charge in [0.15, 0.2) is 5.76 Å². The van der Waals surface area contributed by atoms with Crippen LogP contribution in [0.1, 0.15) is 32.6 Å². The zero-order valence-corrected chi connectivity index (χ0v) is 17.8. The van der Waals surface area contributed by atoms with Crippen molar-refractivity contribution < 1.29 is 18.7 Å². The number of carbonyl (C=O) groups excluding carboxylic acids is 2. The number of rotatable bonds is 6. The number of carbonyl (C=O) groups is 2. The molecule has 5 nitrogen and oxygen atoms in total. The average molecular weight is 434 g/mol. The van der Waals surface area contributed by atoms with Gasteiger partial charge in [0.1, 0.15) is 16.7 Å². The molecule has 0 aliphatic heterocycles. The minimum Gasteiger partial charge on any atom is -0.497 e. The molecule has 0 fully saturated rings. The highest BCUT2D eigenvalue weighted by molar-refractivity contribution is 6.32. The highest BCUT2D eigenvalue weighted by atomic mass is 35.5. The van der Waals surface area contributed by atoms with Crippen molar-refractivity contribution in [2.45, 2.75) is 12.3 Å². The molecule has 156 valence electrons. The van der Waals surface area contributed by atoms with Crippen LogP contribution in [-0.4, -0.2) is 18.8 Å². The van der Waals surface area contributed by atoms with Gasteiger partial charge in [-0.2, -0.15) is 0 Å². The summed E-state index contributed by atoms with van der Waals surface area (Å²) < 4.78 is 11.0. The Hall–Kier alpha value is -3.57. The van der Waals surface area contributed by atoms with Crippen LogP contribution in [-0.2, 0) is 4.79 Å². The van der Waals surface area contributed by atoms with E-state index in [1.54, 1.807) is 61.7 Å². The summed E-state index contributed by atoms with van der Waals surface area (Å²) in [4.78, 5) is 25.5. The monoisotopic (exact) mass is 433 g/mol. The van der Waals surface area contributed by atoms with Crippen LogP contribution in [0.3, 0.4) is 0 Å². The van der Waals surface area contributed by atoms with E-state index < -0.39 is 5.38 Å². The highest BCUT2D eigenvalue weighted by Crippen LogP contribution is 2.30. The van der Waals surface area contributed by atoms with Crippen molar-refractivity contribution in [3.63, 3.8) is 0 Å². The topological polar surface area (TPSA) is 68.5 Å². The second-order valence-corrected chi connectivity index (χ2v) is 7.52. The average Bonchev–Trinajstić information content (AvgIpc) is 3.14. The van der Waals surface area contributed by atoms with Crippen LogP contribution < -0.4 is 10.1 Å². The van der Waals surface area contributed by atoms with Crippen molar-refractivity contribution in [1.29, 1.82) is 0 Å². The third-order valence-corrected chi connectivity index (χ3v) is 5.53. The number of fused-ring (bicyclic) bond motifs is 1. The summed E-state index contributed by atoms with van der Waals surface area (Å²) in [5, 5.41) is 2.77. The van der Waals surface area contributed by atoms with E-state index in [-0.39, 0.29) is 17.5 Å². The second kappa shape index (κ2) is 8.66. The predicted octanol–water partition coefficient (Wildman–Crippen LogP) is 5.90. The fraction of sp³-hybridized carbons (Fsp3) is 0.120. The number of anilines is 1. The molecule has 0 saturated carbocycles. The molecule has 1 atom stereocenters. The zero-order chi connectivity index (χ0) is 22.0. The minimum atomic E-state index is -0.811. The lowest BCUT2D eigenvalue weighted by molar-refractivity contribution is -0.116. The fourth-order valence-corrected chi connectivity index (χ4v) is 3.57. The maximum Gasteiger partial charge on any atom is 0.246 e. The lowest BCUT2D eigenvalue weighted by Gasteiger charge is -2.11. The molecule has 6 heteroatoms. The van der Waals surface area contributed by atoms with Crippen molar-refractivity contribution in [2.24, 2.45) is 0 Å². The van der Waals surface area contributed by atoms with Gasteiger partial charge >= 0.3 is 0 Å². The number of amides is 1. The summed E-state index contributed by atoms with van der Waals surface area (Å²) in [6.07, 6.45) is 0. The van der Waals surface area contributed by atoms with E-state index in [2.05, 4.69) is 5.32 Å². The van der Waals surface area contributed by atoms with Crippen LogP contribution in [0.5, 0.6) is 5.75 Å². The molecular weight excluding hydrogens is 414 g/mol. The fourth-order valence-electron chi connectivity index (χ4n) is 3.37. The molecule has 1 heterocycles. The van der Waals surface area contributed by atoms with Gasteiger partial charge in [-0.05, 0) is 55.0 Å². The first-order valence-electron chi connectivity index (χ1n) is 9.69. The number of nitrogens with one attached hydrogen (secondary N) is 1. The van der Waals surface area contributed by atoms with E-state index in [0.717, 1.165) is 10.9 Å². The summed E-state index contributed by atoms with van der Waals surface area (Å²) in [7, 11) is 1.57. The summed E-state index contributed by atoms with van der Waals surface area (Å²) in [5.74, 6) is 0.393. The Bertz CT molecular complexity index is 1250. The molecule has 1 amide bonds. The molecule has 0 aliphatic rings. The Balaban J connectivity index is 1.59. The van der Waals surface area contributed by atoms with Crippen molar-refractivity contribution >= 4 is 39.9 Å². The summed E-state index contributed by atoms with van der Waals surface area (Å²) in [6.45, 7) is 1.82. The molecular formula is C25H20ClNO4. The van der Waals surface area contributed by atoms with Gasteiger partial charge < -0.3 is 14.5 Å². The third kappa shape index (κ3) is 4.18. The third-order valence-electron chi connectivity index (χ3n) is 5.08. The number of halogens is 1. The van der Waals surface area contributed by atoms with Crippen LogP contribution in [0.2, 0.25) is 0 Å². The lowest BCUT2D eigenvalue weighted by atomic mass is 10.0. The van der Waals surface area contributed by atoms with Crippen molar-refractivity contribution in [1.82, 2.24) is 0 Å². The standard InChI is InChI=1S/C25H20ClNO4/c1-15-20-14-18(27-25(29)22(26)16-6-4-3-5-7-16)10-13-21(20)31-24(15)23(28)17-8-11-19(30-2)12-9-17/h3-14,22H,1-2H3,(H,27,29). The highest BCUT2D eigenvalue weighted by Gasteiger charge is 2.21. The van der Waals surface area contributed by atoms with E-state index in [4.69, 9.17) is 20.8 Å². The first-order valence-corrected chi connectivity index (χ1v) is 10.1. The van der Waals surface area contributed by atoms with Gasteiger partial charge in [0, 0.05) is 22.2 Å². The molecule has 1 unspecified atom stereocenters. The molecule has 4 aromatic rings. The van der Waals surface area contributed by atoms with Gasteiger partial charge in [0.2, 0.25) is 11.7 Å². The SMILES string of the molecule is COc1ccc(C(=O)c2oc3ccc(NC(=O)C(Cl)c4ccccc4)cc3c2C)cc1. The van der Waals surface area contributed by atoms with Crippen LogP contribution in [0.4, 0.5) is 5.69 Å². The molecule has 0 saturated heterocycles. The lowest BCUT2D eigenvalue weighted by Crippen LogP contribution is -2.17. The Kier molecular flexibility index (Phi) is 5.78. The molecule has 0 bridgehead atoms. The molecule has 3 aromatic carbocycles.